The van der Waals surface area contributed by atoms with Gasteiger partial charge in [-0.25, -0.2) is 9.78 Å². The molecule has 7 nitrogen and oxygen atoms in total. The van der Waals surface area contributed by atoms with Crippen LogP contribution in [0.2, 0.25) is 0 Å². The molecule has 2 aromatic heterocycles. The molecule has 23 heavy (non-hydrogen) atoms. The Morgan fingerprint density at radius 2 is 1.96 bits per heavy atom. The Labute approximate surface area is 133 Å². The minimum atomic E-state index is -0.301. The van der Waals surface area contributed by atoms with Crippen LogP contribution in [-0.2, 0) is 13.7 Å². The molecule has 0 amide bonds. The highest BCUT2D eigenvalue weighted by molar-refractivity contribution is 5.44. The van der Waals surface area contributed by atoms with Crippen molar-refractivity contribution in [1.82, 2.24) is 24.8 Å². The molecule has 1 aromatic carbocycles. The normalized spacial score (nSPS) is 10.7. The SMILES string of the molecule is Cc1ccc(OCc2c(C)cccc2-n2nnn(C)c2=O)nc1. The molecule has 7 heteroatoms. The van der Waals surface area contributed by atoms with Gasteiger partial charge in [-0.05, 0) is 41.5 Å². The number of ether oxygens (including phenoxy) is 1. The van der Waals surface area contributed by atoms with Crippen LogP contribution in [0.15, 0.2) is 41.3 Å². The maximum absolute atomic E-state index is 12.1. The van der Waals surface area contributed by atoms with Crippen molar-refractivity contribution in [1.29, 1.82) is 0 Å². The molecule has 0 saturated carbocycles. The fourth-order valence-electron chi connectivity index (χ4n) is 2.22. The van der Waals surface area contributed by atoms with Crippen molar-refractivity contribution in [2.75, 3.05) is 0 Å². The minimum Gasteiger partial charge on any atom is -0.473 e. The molecule has 0 aliphatic carbocycles. The lowest BCUT2D eigenvalue weighted by Gasteiger charge is -2.12. The van der Waals surface area contributed by atoms with Crippen LogP contribution in [0.25, 0.3) is 5.69 Å². The molecule has 0 radical (unpaired) electrons. The van der Waals surface area contributed by atoms with E-state index < -0.39 is 0 Å². The van der Waals surface area contributed by atoms with E-state index in [0.717, 1.165) is 16.7 Å². The molecule has 118 valence electrons. The lowest BCUT2D eigenvalue weighted by Crippen LogP contribution is -2.23. The summed E-state index contributed by atoms with van der Waals surface area (Å²) in [5.41, 5.74) is 3.31. The monoisotopic (exact) mass is 311 g/mol. The molecule has 0 saturated heterocycles. The van der Waals surface area contributed by atoms with Gasteiger partial charge in [0.05, 0.1) is 5.69 Å². The summed E-state index contributed by atoms with van der Waals surface area (Å²) in [6.45, 7) is 4.23. The van der Waals surface area contributed by atoms with E-state index in [2.05, 4.69) is 15.4 Å². The number of hydrogen-bond donors (Lipinski definition) is 0. The fourth-order valence-corrected chi connectivity index (χ4v) is 2.22. The van der Waals surface area contributed by atoms with E-state index in [1.807, 2.05) is 44.2 Å². The Kier molecular flexibility index (Phi) is 3.92. The van der Waals surface area contributed by atoms with Crippen LogP contribution in [0.4, 0.5) is 0 Å². The largest absolute Gasteiger partial charge is 0.473 e. The highest BCUT2D eigenvalue weighted by Crippen LogP contribution is 2.19. The van der Waals surface area contributed by atoms with Gasteiger partial charge in [0.2, 0.25) is 5.88 Å². The second-order valence-electron chi connectivity index (χ2n) is 5.33. The number of tetrazole rings is 1. The predicted molar refractivity (Wildman–Crippen MR) is 84.6 cm³/mol. The number of hydrogen-bond acceptors (Lipinski definition) is 5. The average molecular weight is 311 g/mol. The van der Waals surface area contributed by atoms with E-state index >= 15 is 0 Å². The summed E-state index contributed by atoms with van der Waals surface area (Å²) in [6.07, 6.45) is 1.75. The molecule has 0 atom stereocenters. The highest BCUT2D eigenvalue weighted by atomic mass is 16.5. The van der Waals surface area contributed by atoms with Crippen molar-refractivity contribution in [3.05, 3.63) is 63.7 Å². The summed E-state index contributed by atoms with van der Waals surface area (Å²) in [5, 5.41) is 7.66. The van der Waals surface area contributed by atoms with Crippen molar-refractivity contribution < 1.29 is 4.74 Å². The molecule has 0 aliphatic rings. The second-order valence-corrected chi connectivity index (χ2v) is 5.33. The van der Waals surface area contributed by atoms with E-state index in [4.69, 9.17) is 4.74 Å². The summed E-state index contributed by atoms with van der Waals surface area (Å²) >= 11 is 0. The van der Waals surface area contributed by atoms with Crippen LogP contribution in [0.3, 0.4) is 0 Å². The van der Waals surface area contributed by atoms with Gasteiger partial charge >= 0.3 is 5.69 Å². The quantitative estimate of drug-likeness (QED) is 0.731. The third-order valence-electron chi connectivity index (χ3n) is 3.58. The molecule has 0 bridgehead atoms. The predicted octanol–water partition coefficient (Wildman–Crippen LogP) is 1.56. The number of pyridine rings is 1. The molecular weight excluding hydrogens is 294 g/mol. The minimum absolute atomic E-state index is 0.293. The average Bonchev–Trinajstić information content (AvgIpc) is 2.87. The summed E-state index contributed by atoms with van der Waals surface area (Å²) in [5.74, 6) is 0.538. The lowest BCUT2D eigenvalue weighted by molar-refractivity contribution is 0.292. The number of aryl methyl sites for hydroxylation is 3. The van der Waals surface area contributed by atoms with Gasteiger partial charge in [-0.15, -0.1) is 0 Å². The molecule has 0 unspecified atom stereocenters. The van der Waals surface area contributed by atoms with Crippen LogP contribution in [-0.4, -0.2) is 24.8 Å². The van der Waals surface area contributed by atoms with Crippen molar-refractivity contribution >= 4 is 0 Å². The summed E-state index contributed by atoms with van der Waals surface area (Å²) in [7, 11) is 1.56. The molecule has 0 spiro atoms. The number of aromatic nitrogens is 5. The Balaban J connectivity index is 1.94. The van der Waals surface area contributed by atoms with Crippen LogP contribution >= 0.6 is 0 Å². The van der Waals surface area contributed by atoms with E-state index in [0.29, 0.717) is 18.2 Å². The van der Waals surface area contributed by atoms with Gasteiger partial charge in [-0.2, -0.15) is 9.36 Å². The topological polar surface area (TPSA) is 74.8 Å². The van der Waals surface area contributed by atoms with E-state index in [1.54, 1.807) is 13.2 Å². The van der Waals surface area contributed by atoms with Gasteiger partial charge in [0.15, 0.2) is 0 Å². The zero-order valence-corrected chi connectivity index (χ0v) is 13.2. The number of nitrogens with zero attached hydrogens (tertiary/aromatic N) is 5. The zero-order valence-electron chi connectivity index (χ0n) is 13.2. The van der Waals surface area contributed by atoms with E-state index in [-0.39, 0.29) is 5.69 Å². The standard InChI is InChI=1S/C16H17N5O2/c1-11-7-8-15(17-9-11)23-10-13-12(2)5-4-6-14(13)21-16(22)20(3)18-19-21/h4-9H,10H2,1-3H3. The first-order chi connectivity index (χ1) is 11.1. The van der Waals surface area contributed by atoms with Gasteiger partial charge in [-0.1, -0.05) is 18.2 Å². The third-order valence-corrected chi connectivity index (χ3v) is 3.58. The van der Waals surface area contributed by atoms with Crippen molar-refractivity contribution in [3.63, 3.8) is 0 Å². The van der Waals surface area contributed by atoms with E-state index in [9.17, 15) is 4.79 Å². The first-order valence-electron chi connectivity index (χ1n) is 7.19. The van der Waals surface area contributed by atoms with Gasteiger partial charge in [-0.3, -0.25) is 0 Å². The van der Waals surface area contributed by atoms with Gasteiger partial charge in [0.1, 0.15) is 6.61 Å². The van der Waals surface area contributed by atoms with E-state index in [1.165, 1.54) is 9.36 Å². The fraction of sp³-hybridized carbons (Fsp3) is 0.250. The second kappa shape index (κ2) is 6.04. The third kappa shape index (κ3) is 2.98. The summed E-state index contributed by atoms with van der Waals surface area (Å²) < 4.78 is 8.22. The van der Waals surface area contributed by atoms with Crippen molar-refractivity contribution in [2.45, 2.75) is 20.5 Å². The van der Waals surface area contributed by atoms with Crippen LogP contribution in [0.5, 0.6) is 5.88 Å². The zero-order chi connectivity index (χ0) is 16.4. The van der Waals surface area contributed by atoms with Crippen LogP contribution in [0, 0.1) is 13.8 Å². The first kappa shape index (κ1) is 15.0. The van der Waals surface area contributed by atoms with Gasteiger partial charge in [0.25, 0.3) is 0 Å². The van der Waals surface area contributed by atoms with Gasteiger partial charge in [0, 0.05) is 24.9 Å². The van der Waals surface area contributed by atoms with Crippen molar-refractivity contribution in [3.8, 4) is 11.6 Å². The van der Waals surface area contributed by atoms with Crippen LogP contribution in [0.1, 0.15) is 16.7 Å². The number of benzene rings is 1. The van der Waals surface area contributed by atoms with Gasteiger partial charge < -0.3 is 4.74 Å². The van der Waals surface area contributed by atoms with Crippen LogP contribution < -0.4 is 10.4 Å². The summed E-state index contributed by atoms with van der Waals surface area (Å²) in [6, 6.07) is 9.42. The molecule has 3 rings (SSSR count). The first-order valence-corrected chi connectivity index (χ1v) is 7.19. The lowest BCUT2D eigenvalue weighted by atomic mass is 10.1. The number of rotatable bonds is 4. The maximum Gasteiger partial charge on any atom is 0.368 e. The maximum atomic E-state index is 12.1. The molecule has 0 N–H and O–H groups in total. The Bertz CT molecular complexity index is 880. The Morgan fingerprint density at radius 1 is 1.13 bits per heavy atom. The molecular formula is C16H17N5O2. The molecule has 0 fully saturated rings. The highest BCUT2D eigenvalue weighted by Gasteiger charge is 2.13. The summed E-state index contributed by atoms with van der Waals surface area (Å²) in [4.78, 5) is 16.3. The molecule has 0 aliphatic heterocycles. The Morgan fingerprint density at radius 3 is 2.61 bits per heavy atom. The van der Waals surface area contributed by atoms with Crippen molar-refractivity contribution in [2.24, 2.45) is 7.05 Å². The smallest absolute Gasteiger partial charge is 0.368 e. The molecule has 2 heterocycles. The Hall–Kier alpha value is -2.96. The molecule has 3 aromatic rings.